The molecule has 0 heterocycles. The van der Waals surface area contributed by atoms with Crippen molar-refractivity contribution in [2.75, 3.05) is 5.75 Å². The van der Waals surface area contributed by atoms with Crippen LogP contribution in [0.4, 0.5) is 4.39 Å². The number of carboxylic acid groups (broad SMARTS) is 1. The second-order valence-electron chi connectivity index (χ2n) is 2.99. The Morgan fingerprint density at radius 1 is 1.47 bits per heavy atom. The molecule has 0 aliphatic rings. The van der Waals surface area contributed by atoms with E-state index in [0.717, 1.165) is 12.5 Å². The van der Waals surface area contributed by atoms with Gasteiger partial charge in [0.1, 0.15) is 5.82 Å². The van der Waals surface area contributed by atoms with Gasteiger partial charge >= 0.3 is 5.97 Å². The van der Waals surface area contributed by atoms with Gasteiger partial charge in [0.2, 0.25) is 0 Å². The topological polar surface area (TPSA) is 37.3 Å². The first kappa shape index (κ1) is 11.8. The van der Waals surface area contributed by atoms with Gasteiger partial charge in [-0.15, -0.1) is 0 Å². The average molecular weight is 226 g/mol. The minimum absolute atomic E-state index is 0.0412. The number of thiol groups is 1. The molecule has 0 aliphatic carbocycles. The number of rotatable bonds is 4. The van der Waals surface area contributed by atoms with Gasteiger partial charge in [0, 0.05) is 0 Å². The van der Waals surface area contributed by atoms with Gasteiger partial charge in [0.05, 0.1) is 5.56 Å². The third kappa shape index (κ3) is 3.75. The summed E-state index contributed by atoms with van der Waals surface area (Å²) in [5.74, 6) is -0.962. The van der Waals surface area contributed by atoms with Crippen molar-refractivity contribution in [3.63, 3.8) is 0 Å². The van der Waals surface area contributed by atoms with Crippen molar-refractivity contribution < 1.29 is 14.3 Å². The summed E-state index contributed by atoms with van der Waals surface area (Å²) in [7, 11) is 0. The molecule has 0 radical (unpaired) electrons. The number of carboxylic acids is 1. The highest BCUT2D eigenvalue weighted by Gasteiger charge is 2.05. The maximum atomic E-state index is 13.0. The van der Waals surface area contributed by atoms with E-state index in [1.165, 1.54) is 12.1 Å². The number of benzene rings is 1. The molecule has 0 fully saturated rings. The third-order valence-electron chi connectivity index (χ3n) is 1.77. The predicted molar refractivity (Wildman–Crippen MR) is 60.9 cm³/mol. The second-order valence-corrected chi connectivity index (χ2v) is 3.44. The monoisotopic (exact) mass is 226 g/mol. The molecular weight excluding hydrogens is 215 g/mol. The number of aromatic carboxylic acids is 1. The van der Waals surface area contributed by atoms with Crippen LogP contribution < -0.4 is 0 Å². The van der Waals surface area contributed by atoms with E-state index in [1.807, 2.05) is 6.08 Å². The molecule has 0 amide bonds. The maximum Gasteiger partial charge on any atom is 0.335 e. The van der Waals surface area contributed by atoms with E-state index in [4.69, 9.17) is 5.11 Å². The Morgan fingerprint density at radius 3 is 2.80 bits per heavy atom. The summed E-state index contributed by atoms with van der Waals surface area (Å²) < 4.78 is 13.0. The van der Waals surface area contributed by atoms with Crippen molar-refractivity contribution in [3.8, 4) is 0 Å². The Morgan fingerprint density at radius 2 is 2.20 bits per heavy atom. The Kier molecular flexibility index (Phi) is 4.37. The molecular formula is C11H11FO2S. The van der Waals surface area contributed by atoms with Crippen LogP contribution in [0.25, 0.3) is 6.08 Å². The van der Waals surface area contributed by atoms with Gasteiger partial charge in [-0.1, -0.05) is 12.2 Å². The number of hydrogen-bond acceptors (Lipinski definition) is 2. The highest BCUT2D eigenvalue weighted by atomic mass is 32.1. The van der Waals surface area contributed by atoms with Crippen LogP contribution in [0, 0.1) is 5.82 Å². The summed E-state index contributed by atoms with van der Waals surface area (Å²) in [6, 6.07) is 3.72. The molecule has 0 saturated carbocycles. The van der Waals surface area contributed by atoms with Crippen molar-refractivity contribution in [2.24, 2.45) is 0 Å². The van der Waals surface area contributed by atoms with E-state index in [-0.39, 0.29) is 5.56 Å². The normalized spacial score (nSPS) is 10.8. The molecule has 0 aliphatic heterocycles. The minimum Gasteiger partial charge on any atom is -0.478 e. The van der Waals surface area contributed by atoms with Crippen molar-refractivity contribution in [2.45, 2.75) is 6.42 Å². The van der Waals surface area contributed by atoms with E-state index in [2.05, 4.69) is 12.6 Å². The molecule has 0 atom stereocenters. The van der Waals surface area contributed by atoms with Crippen LogP contribution >= 0.6 is 12.6 Å². The molecule has 80 valence electrons. The highest BCUT2D eigenvalue weighted by molar-refractivity contribution is 7.80. The lowest BCUT2D eigenvalue weighted by Crippen LogP contribution is -1.97. The lowest BCUT2D eigenvalue weighted by Gasteiger charge is -1.98. The lowest BCUT2D eigenvalue weighted by atomic mass is 10.1. The Bertz CT molecular complexity index is 388. The number of hydrogen-bond donors (Lipinski definition) is 2. The van der Waals surface area contributed by atoms with Gasteiger partial charge in [-0.2, -0.15) is 12.6 Å². The molecule has 0 unspecified atom stereocenters. The van der Waals surface area contributed by atoms with Gasteiger partial charge in [-0.3, -0.25) is 0 Å². The van der Waals surface area contributed by atoms with E-state index in [0.29, 0.717) is 11.3 Å². The molecule has 1 N–H and O–H groups in total. The van der Waals surface area contributed by atoms with Crippen LogP contribution in [0.1, 0.15) is 22.3 Å². The fourth-order valence-electron chi connectivity index (χ4n) is 1.13. The smallest absolute Gasteiger partial charge is 0.335 e. The molecule has 0 saturated heterocycles. The van der Waals surface area contributed by atoms with E-state index >= 15 is 0 Å². The van der Waals surface area contributed by atoms with Crippen LogP contribution in [0.5, 0.6) is 0 Å². The standard InChI is InChI=1S/C11H11FO2S/c12-10-6-8(3-1-2-4-15)5-9(7-10)11(13)14/h1,3,5-7,15H,2,4H2,(H,13,14). The van der Waals surface area contributed by atoms with Gasteiger partial charge in [-0.05, 0) is 35.9 Å². The van der Waals surface area contributed by atoms with E-state index < -0.39 is 11.8 Å². The average Bonchev–Trinajstić information content (AvgIpc) is 2.17. The second kappa shape index (κ2) is 5.56. The Hall–Kier alpha value is -1.29. The molecule has 15 heavy (non-hydrogen) atoms. The molecule has 0 spiro atoms. The fraction of sp³-hybridized carbons (Fsp3) is 0.182. The summed E-state index contributed by atoms with van der Waals surface area (Å²) in [4.78, 5) is 10.6. The lowest BCUT2D eigenvalue weighted by molar-refractivity contribution is 0.0696. The first-order valence-electron chi connectivity index (χ1n) is 4.45. The largest absolute Gasteiger partial charge is 0.478 e. The minimum atomic E-state index is -1.13. The van der Waals surface area contributed by atoms with Gasteiger partial charge in [-0.25, -0.2) is 9.18 Å². The zero-order valence-electron chi connectivity index (χ0n) is 7.98. The predicted octanol–water partition coefficient (Wildman–Crippen LogP) is 2.86. The van der Waals surface area contributed by atoms with E-state index in [1.54, 1.807) is 6.08 Å². The number of carbonyl (C=O) groups is 1. The van der Waals surface area contributed by atoms with Crippen LogP contribution in [0.3, 0.4) is 0 Å². The van der Waals surface area contributed by atoms with Crippen molar-refractivity contribution in [1.82, 2.24) is 0 Å². The molecule has 0 bridgehead atoms. The number of halogens is 1. The zero-order chi connectivity index (χ0) is 11.3. The van der Waals surface area contributed by atoms with Crippen LogP contribution in [-0.4, -0.2) is 16.8 Å². The summed E-state index contributed by atoms with van der Waals surface area (Å²) >= 11 is 4.02. The summed E-state index contributed by atoms with van der Waals surface area (Å²) in [6.07, 6.45) is 4.28. The summed E-state index contributed by atoms with van der Waals surface area (Å²) in [5, 5.41) is 8.70. The first-order chi connectivity index (χ1) is 7.13. The summed E-state index contributed by atoms with van der Waals surface area (Å²) in [5.41, 5.74) is 0.509. The quantitative estimate of drug-likeness (QED) is 0.775. The SMILES string of the molecule is O=C(O)c1cc(F)cc(C=CCCS)c1. The first-order valence-corrected chi connectivity index (χ1v) is 5.08. The number of allylic oxidation sites excluding steroid dienone is 1. The maximum absolute atomic E-state index is 13.0. The van der Waals surface area contributed by atoms with Crippen LogP contribution in [0.15, 0.2) is 24.3 Å². The molecule has 1 aromatic carbocycles. The van der Waals surface area contributed by atoms with Gasteiger partial charge in [0.15, 0.2) is 0 Å². The van der Waals surface area contributed by atoms with Gasteiger partial charge in [0.25, 0.3) is 0 Å². The van der Waals surface area contributed by atoms with Crippen LogP contribution in [-0.2, 0) is 0 Å². The van der Waals surface area contributed by atoms with E-state index in [9.17, 15) is 9.18 Å². The molecule has 2 nitrogen and oxygen atoms in total. The van der Waals surface area contributed by atoms with Gasteiger partial charge < -0.3 is 5.11 Å². The Balaban J connectivity index is 2.93. The third-order valence-corrected chi connectivity index (χ3v) is 2.03. The molecule has 4 heteroatoms. The van der Waals surface area contributed by atoms with Crippen molar-refractivity contribution >= 4 is 24.7 Å². The molecule has 0 aromatic heterocycles. The highest BCUT2D eigenvalue weighted by Crippen LogP contribution is 2.11. The summed E-state index contributed by atoms with van der Waals surface area (Å²) in [6.45, 7) is 0. The van der Waals surface area contributed by atoms with Crippen LogP contribution in [0.2, 0.25) is 0 Å². The van der Waals surface area contributed by atoms with Crippen molar-refractivity contribution in [3.05, 3.63) is 41.2 Å². The zero-order valence-corrected chi connectivity index (χ0v) is 8.88. The fourth-order valence-corrected chi connectivity index (χ4v) is 1.28. The van der Waals surface area contributed by atoms with Crippen molar-refractivity contribution in [1.29, 1.82) is 0 Å². The molecule has 1 aromatic rings. The molecule has 1 rings (SSSR count). The Labute approximate surface area is 92.8 Å².